The highest BCUT2D eigenvalue weighted by Gasteiger charge is 2.30. The molecule has 0 saturated carbocycles. The van der Waals surface area contributed by atoms with Crippen LogP contribution in [0.25, 0.3) is 0 Å². The van der Waals surface area contributed by atoms with Crippen LogP contribution in [0.3, 0.4) is 0 Å². The maximum atomic E-state index is 13.1. The second-order valence-electron chi connectivity index (χ2n) is 6.95. The molecule has 0 radical (unpaired) electrons. The molecule has 5 nitrogen and oxygen atoms in total. The standard InChI is InChI=1S/C26H25NO4/c1-3-27(4-2)25(29)24(20-15-9-6-10-16-20)31-26(30)22-18-12-11-17-21(22)23(28)19-13-7-5-8-14-19/h5-18,24H,3-4H2,1-2H3/t24-/m1/s1. The molecule has 1 atom stereocenters. The van der Waals surface area contributed by atoms with E-state index in [1.54, 1.807) is 77.7 Å². The summed E-state index contributed by atoms with van der Waals surface area (Å²) in [5, 5.41) is 0. The molecule has 0 aliphatic carbocycles. The van der Waals surface area contributed by atoms with Gasteiger partial charge in [-0.2, -0.15) is 0 Å². The van der Waals surface area contributed by atoms with Crippen LogP contribution in [0.1, 0.15) is 51.8 Å². The third-order valence-corrected chi connectivity index (χ3v) is 5.05. The molecule has 158 valence electrons. The number of rotatable bonds is 8. The molecule has 0 aliphatic rings. The number of hydrogen-bond donors (Lipinski definition) is 0. The molecule has 0 aliphatic heterocycles. The summed E-state index contributed by atoms with van der Waals surface area (Å²) in [4.78, 5) is 40.8. The lowest BCUT2D eigenvalue weighted by molar-refractivity contribution is -0.140. The Labute approximate surface area is 182 Å². The molecule has 31 heavy (non-hydrogen) atoms. The molecular formula is C26H25NO4. The normalized spacial score (nSPS) is 11.4. The van der Waals surface area contributed by atoms with Gasteiger partial charge in [0.15, 0.2) is 5.78 Å². The number of esters is 1. The Morgan fingerprint density at radius 1 is 0.742 bits per heavy atom. The van der Waals surface area contributed by atoms with Crippen molar-refractivity contribution in [2.24, 2.45) is 0 Å². The van der Waals surface area contributed by atoms with Gasteiger partial charge in [0, 0.05) is 29.8 Å². The zero-order valence-electron chi connectivity index (χ0n) is 17.7. The molecule has 0 bridgehead atoms. The Balaban J connectivity index is 1.94. The van der Waals surface area contributed by atoms with Crippen molar-refractivity contribution in [3.05, 3.63) is 107 Å². The van der Waals surface area contributed by atoms with E-state index < -0.39 is 12.1 Å². The van der Waals surface area contributed by atoms with Gasteiger partial charge in [-0.3, -0.25) is 9.59 Å². The van der Waals surface area contributed by atoms with Crippen molar-refractivity contribution in [2.75, 3.05) is 13.1 Å². The molecule has 0 spiro atoms. The first kappa shape index (κ1) is 22.0. The van der Waals surface area contributed by atoms with Crippen molar-refractivity contribution in [3.63, 3.8) is 0 Å². The number of nitrogens with zero attached hydrogens (tertiary/aromatic N) is 1. The number of hydrogen-bond acceptors (Lipinski definition) is 4. The number of ether oxygens (including phenoxy) is 1. The lowest BCUT2D eigenvalue weighted by Gasteiger charge is -2.25. The third-order valence-electron chi connectivity index (χ3n) is 5.05. The molecule has 0 fully saturated rings. The van der Waals surface area contributed by atoms with Crippen LogP contribution in [0.15, 0.2) is 84.9 Å². The van der Waals surface area contributed by atoms with Crippen molar-refractivity contribution in [2.45, 2.75) is 20.0 Å². The summed E-state index contributed by atoms with van der Waals surface area (Å²) in [6, 6.07) is 24.2. The summed E-state index contributed by atoms with van der Waals surface area (Å²) in [5.74, 6) is -1.29. The minimum absolute atomic E-state index is 0.129. The van der Waals surface area contributed by atoms with Gasteiger partial charge in [-0.15, -0.1) is 0 Å². The molecule has 3 aromatic rings. The summed E-state index contributed by atoms with van der Waals surface area (Å²) in [6.07, 6.45) is -1.09. The fourth-order valence-corrected chi connectivity index (χ4v) is 3.36. The first-order chi connectivity index (χ1) is 15.1. The van der Waals surface area contributed by atoms with Crippen LogP contribution in [0.4, 0.5) is 0 Å². The van der Waals surface area contributed by atoms with E-state index in [2.05, 4.69) is 0 Å². The number of carbonyl (C=O) groups is 3. The Morgan fingerprint density at radius 2 is 1.26 bits per heavy atom. The molecule has 1 amide bonds. The van der Waals surface area contributed by atoms with E-state index in [1.807, 2.05) is 26.0 Å². The van der Waals surface area contributed by atoms with Crippen LogP contribution in [0.2, 0.25) is 0 Å². The van der Waals surface area contributed by atoms with E-state index in [9.17, 15) is 14.4 Å². The molecule has 3 aromatic carbocycles. The summed E-state index contributed by atoms with van der Waals surface area (Å²) < 4.78 is 5.71. The Morgan fingerprint density at radius 3 is 1.84 bits per heavy atom. The highest BCUT2D eigenvalue weighted by atomic mass is 16.5. The number of likely N-dealkylation sites (N-methyl/N-ethyl adjacent to an activating group) is 1. The van der Waals surface area contributed by atoms with Crippen LogP contribution in [-0.2, 0) is 9.53 Å². The van der Waals surface area contributed by atoms with Gasteiger partial charge in [0.1, 0.15) is 0 Å². The number of benzene rings is 3. The first-order valence-electron chi connectivity index (χ1n) is 10.3. The van der Waals surface area contributed by atoms with E-state index in [0.29, 0.717) is 24.2 Å². The summed E-state index contributed by atoms with van der Waals surface area (Å²) in [5.41, 5.74) is 1.42. The van der Waals surface area contributed by atoms with E-state index in [0.717, 1.165) is 0 Å². The maximum Gasteiger partial charge on any atom is 0.340 e. The fraction of sp³-hybridized carbons (Fsp3) is 0.192. The quantitative estimate of drug-likeness (QED) is 0.396. The highest BCUT2D eigenvalue weighted by molar-refractivity contribution is 6.14. The first-order valence-corrected chi connectivity index (χ1v) is 10.3. The van der Waals surface area contributed by atoms with Crippen LogP contribution in [0.5, 0.6) is 0 Å². The maximum absolute atomic E-state index is 13.1. The van der Waals surface area contributed by atoms with E-state index in [-0.39, 0.29) is 22.8 Å². The molecule has 0 saturated heterocycles. The zero-order chi connectivity index (χ0) is 22.2. The number of amides is 1. The van der Waals surface area contributed by atoms with Gasteiger partial charge in [0.05, 0.1) is 5.56 Å². The zero-order valence-corrected chi connectivity index (χ0v) is 17.7. The molecule has 3 rings (SSSR count). The Bertz CT molecular complexity index is 1040. The third kappa shape index (κ3) is 5.07. The van der Waals surface area contributed by atoms with Crippen molar-refractivity contribution in [1.29, 1.82) is 0 Å². The van der Waals surface area contributed by atoms with E-state index in [4.69, 9.17) is 4.74 Å². The van der Waals surface area contributed by atoms with Gasteiger partial charge in [-0.25, -0.2) is 4.79 Å². The van der Waals surface area contributed by atoms with Crippen molar-refractivity contribution in [1.82, 2.24) is 4.90 Å². The fourth-order valence-electron chi connectivity index (χ4n) is 3.36. The van der Waals surface area contributed by atoms with Crippen LogP contribution >= 0.6 is 0 Å². The lowest BCUT2D eigenvalue weighted by atomic mass is 9.98. The molecule has 0 N–H and O–H groups in total. The van der Waals surface area contributed by atoms with Crippen LogP contribution < -0.4 is 0 Å². The average molecular weight is 415 g/mol. The minimum Gasteiger partial charge on any atom is -0.444 e. The molecule has 0 unspecified atom stereocenters. The van der Waals surface area contributed by atoms with Crippen LogP contribution in [-0.4, -0.2) is 35.6 Å². The Kier molecular flexibility index (Phi) is 7.33. The molecule has 5 heteroatoms. The van der Waals surface area contributed by atoms with Gasteiger partial charge in [0.25, 0.3) is 5.91 Å². The SMILES string of the molecule is CCN(CC)C(=O)[C@H](OC(=O)c1ccccc1C(=O)c1ccccc1)c1ccccc1. The van der Waals surface area contributed by atoms with Crippen molar-refractivity contribution < 1.29 is 19.1 Å². The number of ketones is 1. The Hall–Kier alpha value is -3.73. The predicted molar refractivity (Wildman–Crippen MR) is 119 cm³/mol. The minimum atomic E-state index is -1.09. The van der Waals surface area contributed by atoms with E-state index in [1.165, 1.54) is 0 Å². The second kappa shape index (κ2) is 10.3. The second-order valence-corrected chi connectivity index (χ2v) is 6.95. The summed E-state index contributed by atoms with van der Waals surface area (Å²) in [6.45, 7) is 4.75. The predicted octanol–water partition coefficient (Wildman–Crippen LogP) is 4.68. The average Bonchev–Trinajstić information content (AvgIpc) is 2.83. The van der Waals surface area contributed by atoms with E-state index >= 15 is 0 Å². The monoisotopic (exact) mass is 415 g/mol. The van der Waals surface area contributed by atoms with Crippen molar-refractivity contribution >= 4 is 17.7 Å². The van der Waals surface area contributed by atoms with Crippen LogP contribution in [0, 0.1) is 0 Å². The topological polar surface area (TPSA) is 63.7 Å². The van der Waals surface area contributed by atoms with Crippen molar-refractivity contribution in [3.8, 4) is 0 Å². The van der Waals surface area contributed by atoms with Gasteiger partial charge in [-0.1, -0.05) is 78.9 Å². The highest BCUT2D eigenvalue weighted by Crippen LogP contribution is 2.24. The molecular weight excluding hydrogens is 390 g/mol. The largest absolute Gasteiger partial charge is 0.444 e. The summed E-state index contributed by atoms with van der Waals surface area (Å²) >= 11 is 0. The summed E-state index contributed by atoms with van der Waals surface area (Å²) in [7, 11) is 0. The van der Waals surface area contributed by atoms with Gasteiger partial charge in [0.2, 0.25) is 6.10 Å². The lowest BCUT2D eigenvalue weighted by Crippen LogP contribution is -2.36. The molecule has 0 heterocycles. The van der Waals surface area contributed by atoms with Gasteiger partial charge in [-0.05, 0) is 19.9 Å². The van der Waals surface area contributed by atoms with Gasteiger partial charge >= 0.3 is 5.97 Å². The smallest absolute Gasteiger partial charge is 0.340 e. The number of carbonyl (C=O) groups excluding carboxylic acids is 3. The van der Waals surface area contributed by atoms with Gasteiger partial charge < -0.3 is 9.64 Å². The molecule has 0 aromatic heterocycles.